The summed E-state index contributed by atoms with van der Waals surface area (Å²) >= 11 is 1.38. The molecule has 5 nitrogen and oxygen atoms in total. The second-order valence-electron chi connectivity index (χ2n) is 6.37. The van der Waals surface area contributed by atoms with Gasteiger partial charge in [0.25, 0.3) is 0 Å². The topological polar surface area (TPSA) is 84.2 Å². The lowest BCUT2D eigenvalue weighted by molar-refractivity contribution is -0.120. The Kier molecular flexibility index (Phi) is 5.10. The van der Waals surface area contributed by atoms with E-state index in [2.05, 4.69) is 10.6 Å². The summed E-state index contributed by atoms with van der Waals surface area (Å²) in [6.45, 7) is 0.254. The molecule has 0 aromatic heterocycles. The van der Waals surface area contributed by atoms with Crippen LogP contribution < -0.4 is 16.4 Å². The largest absolute Gasteiger partial charge is 0.375 e. The summed E-state index contributed by atoms with van der Waals surface area (Å²) < 4.78 is 0. The van der Waals surface area contributed by atoms with Gasteiger partial charge in [-0.25, -0.2) is 0 Å². The smallest absolute Gasteiger partial charge is 0.239 e. The number of para-hydroxylation sites is 1. The summed E-state index contributed by atoms with van der Waals surface area (Å²) in [6.07, 6.45) is 5.01. The fourth-order valence-corrected chi connectivity index (χ4v) is 3.60. The van der Waals surface area contributed by atoms with Crippen molar-refractivity contribution in [2.75, 3.05) is 17.6 Å². The molecule has 2 saturated carbocycles. The Bertz CT molecular complexity index is 573. The van der Waals surface area contributed by atoms with Gasteiger partial charge < -0.3 is 16.4 Å². The molecule has 3 rings (SSSR count). The van der Waals surface area contributed by atoms with Crippen LogP contribution in [0.15, 0.2) is 29.2 Å². The maximum Gasteiger partial charge on any atom is 0.239 e. The van der Waals surface area contributed by atoms with Crippen molar-refractivity contribution in [3.8, 4) is 0 Å². The van der Waals surface area contributed by atoms with Gasteiger partial charge in [0.1, 0.15) is 0 Å². The number of carbonyl (C=O) groups is 2. The second-order valence-corrected chi connectivity index (χ2v) is 7.39. The zero-order valence-corrected chi connectivity index (χ0v) is 13.9. The van der Waals surface area contributed by atoms with E-state index in [4.69, 9.17) is 5.73 Å². The average Bonchev–Trinajstić information content (AvgIpc) is 3.41. The van der Waals surface area contributed by atoms with Crippen molar-refractivity contribution in [2.24, 2.45) is 17.6 Å². The molecule has 4 N–H and O–H groups in total. The van der Waals surface area contributed by atoms with Gasteiger partial charge in [0.2, 0.25) is 11.8 Å². The summed E-state index contributed by atoms with van der Waals surface area (Å²) in [7, 11) is 0. The van der Waals surface area contributed by atoms with Gasteiger partial charge in [-0.15, -0.1) is 11.8 Å². The van der Waals surface area contributed by atoms with Gasteiger partial charge in [-0.2, -0.15) is 0 Å². The third-order valence-electron chi connectivity index (χ3n) is 4.28. The molecule has 0 saturated heterocycles. The van der Waals surface area contributed by atoms with Crippen LogP contribution in [-0.2, 0) is 9.59 Å². The van der Waals surface area contributed by atoms with Crippen molar-refractivity contribution in [1.29, 1.82) is 0 Å². The molecule has 6 heteroatoms. The summed E-state index contributed by atoms with van der Waals surface area (Å²) in [5.41, 5.74) is 6.06. The van der Waals surface area contributed by atoms with Crippen LogP contribution in [0.3, 0.4) is 0 Å². The summed E-state index contributed by atoms with van der Waals surface area (Å²) in [6, 6.07) is 8.03. The number of hydrogen-bond acceptors (Lipinski definition) is 4. The van der Waals surface area contributed by atoms with E-state index in [1.807, 2.05) is 24.3 Å². The third-order valence-corrected chi connectivity index (χ3v) is 5.38. The number of rotatable bonds is 9. The predicted octanol–water partition coefficient (Wildman–Crippen LogP) is 1.98. The van der Waals surface area contributed by atoms with Gasteiger partial charge in [-0.05, 0) is 49.7 Å². The Labute approximate surface area is 140 Å². The number of carbonyl (C=O) groups excluding carboxylic acids is 2. The molecule has 1 aromatic carbocycles. The molecule has 0 bridgehead atoms. The summed E-state index contributed by atoms with van der Waals surface area (Å²) in [5.74, 6) is 1.33. The first-order valence-corrected chi connectivity index (χ1v) is 9.15. The highest BCUT2D eigenvalue weighted by molar-refractivity contribution is 8.00. The molecular weight excluding hydrogens is 310 g/mol. The zero-order chi connectivity index (χ0) is 16.2. The monoisotopic (exact) mass is 333 g/mol. The van der Waals surface area contributed by atoms with Gasteiger partial charge in [0.15, 0.2) is 0 Å². The molecule has 0 aliphatic heterocycles. The number of benzene rings is 1. The van der Waals surface area contributed by atoms with E-state index in [0.29, 0.717) is 17.9 Å². The molecule has 124 valence electrons. The van der Waals surface area contributed by atoms with Crippen LogP contribution >= 0.6 is 11.8 Å². The van der Waals surface area contributed by atoms with Gasteiger partial charge in [-0.1, -0.05) is 12.1 Å². The van der Waals surface area contributed by atoms with Crippen LogP contribution in [0.25, 0.3) is 0 Å². The van der Waals surface area contributed by atoms with Crippen molar-refractivity contribution in [3.05, 3.63) is 24.3 Å². The van der Waals surface area contributed by atoms with Crippen molar-refractivity contribution >= 4 is 29.3 Å². The molecule has 0 unspecified atom stereocenters. The lowest BCUT2D eigenvalue weighted by atomic mass is 10.1. The number of primary amides is 1. The van der Waals surface area contributed by atoms with E-state index in [1.54, 1.807) is 0 Å². The van der Waals surface area contributed by atoms with Gasteiger partial charge >= 0.3 is 0 Å². The van der Waals surface area contributed by atoms with E-state index in [0.717, 1.165) is 10.6 Å². The minimum absolute atomic E-state index is 0.0449. The maximum atomic E-state index is 12.2. The second kappa shape index (κ2) is 7.25. The van der Waals surface area contributed by atoms with Crippen LogP contribution in [-0.4, -0.2) is 30.2 Å². The molecule has 0 spiro atoms. The number of amides is 2. The number of anilines is 1. The van der Waals surface area contributed by atoms with Crippen LogP contribution in [0, 0.1) is 11.8 Å². The molecule has 1 aromatic rings. The number of thioether (sulfide) groups is 1. The number of hydrogen-bond donors (Lipinski definition) is 3. The minimum Gasteiger partial charge on any atom is -0.375 e. The molecule has 2 aliphatic carbocycles. The molecule has 2 aliphatic rings. The Balaban J connectivity index is 1.51. The highest BCUT2D eigenvalue weighted by Crippen LogP contribution is 2.44. The summed E-state index contributed by atoms with van der Waals surface area (Å²) in [4.78, 5) is 24.1. The Morgan fingerprint density at radius 2 is 1.83 bits per heavy atom. The Hall–Kier alpha value is -1.69. The SMILES string of the molecule is NC(=O)CSc1ccccc1NCC(=O)NC(C1CC1)C1CC1. The lowest BCUT2D eigenvalue weighted by Crippen LogP contribution is -2.41. The van der Waals surface area contributed by atoms with Crippen molar-refractivity contribution < 1.29 is 9.59 Å². The lowest BCUT2D eigenvalue weighted by Gasteiger charge is -2.18. The first-order valence-electron chi connectivity index (χ1n) is 8.17. The average molecular weight is 333 g/mol. The van der Waals surface area contributed by atoms with E-state index >= 15 is 0 Å². The first kappa shape index (κ1) is 16.2. The normalized spacial score (nSPS) is 17.1. The maximum absolute atomic E-state index is 12.2. The molecule has 0 heterocycles. The zero-order valence-electron chi connectivity index (χ0n) is 13.1. The van der Waals surface area contributed by atoms with Gasteiger partial charge in [-0.3, -0.25) is 9.59 Å². The minimum atomic E-state index is -0.348. The molecule has 0 radical (unpaired) electrons. The Morgan fingerprint density at radius 3 is 2.43 bits per heavy atom. The van der Waals surface area contributed by atoms with Crippen molar-refractivity contribution in [2.45, 2.75) is 36.6 Å². The van der Waals surface area contributed by atoms with Gasteiger partial charge in [0, 0.05) is 16.6 Å². The molecule has 0 atom stereocenters. The Morgan fingerprint density at radius 1 is 1.17 bits per heavy atom. The first-order chi connectivity index (χ1) is 11.1. The van der Waals surface area contributed by atoms with E-state index < -0.39 is 0 Å². The van der Waals surface area contributed by atoms with Crippen LogP contribution in [0.5, 0.6) is 0 Å². The quantitative estimate of drug-likeness (QED) is 0.603. The molecule has 2 amide bonds. The standard InChI is InChI=1S/C17H23N3O2S/c18-15(21)10-23-14-4-2-1-3-13(14)19-9-16(22)20-17(11-5-6-11)12-7-8-12/h1-4,11-12,17,19H,5-10H2,(H2,18,21)(H,20,22). The number of nitrogens with one attached hydrogen (secondary N) is 2. The molecule has 23 heavy (non-hydrogen) atoms. The van der Waals surface area contributed by atoms with E-state index in [9.17, 15) is 9.59 Å². The predicted molar refractivity (Wildman–Crippen MR) is 92.2 cm³/mol. The fourth-order valence-electron chi connectivity index (χ4n) is 2.83. The fraction of sp³-hybridized carbons (Fsp3) is 0.529. The van der Waals surface area contributed by atoms with E-state index in [-0.39, 0.29) is 24.1 Å². The van der Waals surface area contributed by atoms with Crippen molar-refractivity contribution in [3.63, 3.8) is 0 Å². The van der Waals surface area contributed by atoms with Crippen LogP contribution in [0.2, 0.25) is 0 Å². The van der Waals surface area contributed by atoms with Crippen LogP contribution in [0.4, 0.5) is 5.69 Å². The van der Waals surface area contributed by atoms with Crippen molar-refractivity contribution in [1.82, 2.24) is 5.32 Å². The molecule has 2 fully saturated rings. The van der Waals surface area contributed by atoms with Crippen LogP contribution in [0.1, 0.15) is 25.7 Å². The highest BCUT2D eigenvalue weighted by atomic mass is 32.2. The van der Waals surface area contributed by atoms with E-state index in [1.165, 1.54) is 37.4 Å². The third kappa shape index (κ3) is 4.89. The molecular formula is C17H23N3O2S. The summed E-state index contributed by atoms with van der Waals surface area (Å²) in [5, 5.41) is 6.37. The highest BCUT2D eigenvalue weighted by Gasteiger charge is 2.42. The number of nitrogens with two attached hydrogens (primary N) is 1. The van der Waals surface area contributed by atoms with Gasteiger partial charge in [0.05, 0.1) is 12.3 Å².